The largest absolute Gasteiger partial charge is 0.477 e. The van der Waals surface area contributed by atoms with E-state index in [0.29, 0.717) is 25.2 Å². The summed E-state index contributed by atoms with van der Waals surface area (Å²) in [6, 6.07) is 13.7. The number of nitrogens with one attached hydrogen (secondary N) is 1. The van der Waals surface area contributed by atoms with Crippen LogP contribution in [0.5, 0.6) is 0 Å². The molecular weight excluding hydrogens is 302 g/mol. The van der Waals surface area contributed by atoms with Gasteiger partial charge in [0.2, 0.25) is 0 Å². The third kappa shape index (κ3) is 2.54. The molecule has 4 rings (SSSR count). The second-order valence-corrected chi connectivity index (χ2v) is 5.94. The summed E-state index contributed by atoms with van der Waals surface area (Å²) < 4.78 is 1.91. The van der Waals surface area contributed by atoms with Crippen molar-refractivity contribution in [3.05, 3.63) is 82.9 Å². The van der Waals surface area contributed by atoms with Gasteiger partial charge in [-0.3, -0.25) is 4.98 Å². The second-order valence-electron chi connectivity index (χ2n) is 5.94. The number of carboxylic acids is 1. The molecule has 0 atom stereocenters. The predicted molar refractivity (Wildman–Crippen MR) is 91.3 cm³/mol. The number of para-hydroxylation sites is 1. The molecule has 0 unspecified atom stereocenters. The van der Waals surface area contributed by atoms with E-state index in [2.05, 4.69) is 10.3 Å². The van der Waals surface area contributed by atoms with E-state index in [-0.39, 0.29) is 0 Å². The van der Waals surface area contributed by atoms with Crippen molar-refractivity contribution in [2.24, 2.45) is 0 Å². The zero-order chi connectivity index (χ0) is 16.5. The highest BCUT2D eigenvalue weighted by Crippen LogP contribution is 2.28. The highest BCUT2D eigenvalue weighted by atomic mass is 16.4. The molecule has 2 N–H and O–H groups in total. The van der Waals surface area contributed by atoms with Crippen LogP contribution in [0.3, 0.4) is 0 Å². The second kappa shape index (κ2) is 5.85. The van der Waals surface area contributed by atoms with E-state index in [0.717, 1.165) is 28.1 Å². The number of rotatable bonds is 3. The number of carbonyl (C=O) groups is 1. The van der Waals surface area contributed by atoms with E-state index in [4.69, 9.17) is 0 Å². The minimum Gasteiger partial charge on any atom is -0.477 e. The van der Waals surface area contributed by atoms with Crippen LogP contribution in [0, 0.1) is 0 Å². The molecule has 3 heterocycles. The van der Waals surface area contributed by atoms with Gasteiger partial charge in [0.1, 0.15) is 5.69 Å². The average Bonchev–Trinajstić information content (AvgIpc) is 2.81. The van der Waals surface area contributed by atoms with Gasteiger partial charge >= 0.3 is 5.97 Å². The lowest BCUT2D eigenvalue weighted by molar-refractivity contribution is 0.0685. The lowest BCUT2D eigenvalue weighted by Crippen LogP contribution is -2.11. The van der Waals surface area contributed by atoms with Crippen LogP contribution in [0.4, 0.5) is 5.69 Å². The topological polar surface area (TPSA) is 67.1 Å². The van der Waals surface area contributed by atoms with E-state index >= 15 is 0 Å². The Hall–Kier alpha value is -3.08. The van der Waals surface area contributed by atoms with Gasteiger partial charge in [-0.05, 0) is 34.9 Å². The van der Waals surface area contributed by atoms with Gasteiger partial charge in [0.25, 0.3) is 0 Å². The standard InChI is InChI=1S/C19H17N3O2/c23-19(24)17-9-15(8-13-4-3-7-20-10-13)18-11-21-16-6-2-1-5-14(16)12-22(17)18/h1-7,9-10,21H,8,11-12H2,(H,23,24). The number of hydrogen-bond acceptors (Lipinski definition) is 3. The SMILES string of the molecule is O=C(O)c1cc(Cc2cccnc2)c2n1Cc1ccccc1NC2. The van der Waals surface area contributed by atoms with Crippen LogP contribution in [-0.2, 0) is 19.5 Å². The summed E-state index contributed by atoms with van der Waals surface area (Å²) in [7, 11) is 0. The molecule has 0 aliphatic carbocycles. The maximum atomic E-state index is 11.7. The van der Waals surface area contributed by atoms with Crippen molar-refractivity contribution in [1.82, 2.24) is 9.55 Å². The molecule has 3 aromatic rings. The lowest BCUT2D eigenvalue weighted by Gasteiger charge is -2.09. The van der Waals surface area contributed by atoms with Crippen LogP contribution in [0.2, 0.25) is 0 Å². The quantitative estimate of drug-likeness (QED) is 0.778. The van der Waals surface area contributed by atoms with E-state index in [1.54, 1.807) is 12.3 Å². The Morgan fingerprint density at radius 1 is 1.25 bits per heavy atom. The first-order chi connectivity index (χ1) is 11.7. The molecule has 120 valence electrons. The van der Waals surface area contributed by atoms with Crippen molar-refractivity contribution in [1.29, 1.82) is 0 Å². The molecule has 0 saturated heterocycles. The van der Waals surface area contributed by atoms with Crippen molar-refractivity contribution in [3.63, 3.8) is 0 Å². The van der Waals surface area contributed by atoms with Crippen molar-refractivity contribution in [2.45, 2.75) is 19.5 Å². The molecule has 24 heavy (non-hydrogen) atoms. The van der Waals surface area contributed by atoms with E-state index in [1.807, 2.05) is 47.2 Å². The molecule has 2 aromatic heterocycles. The monoisotopic (exact) mass is 319 g/mol. The van der Waals surface area contributed by atoms with Crippen molar-refractivity contribution in [3.8, 4) is 0 Å². The summed E-state index contributed by atoms with van der Waals surface area (Å²) in [5, 5.41) is 13.0. The van der Waals surface area contributed by atoms with E-state index in [9.17, 15) is 9.90 Å². The number of aromatic nitrogens is 2. The molecule has 0 fully saturated rings. The highest BCUT2D eigenvalue weighted by Gasteiger charge is 2.22. The minimum atomic E-state index is -0.895. The van der Waals surface area contributed by atoms with Crippen molar-refractivity contribution < 1.29 is 9.90 Å². The Balaban J connectivity index is 1.79. The number of benzene rings is 1. The van der Waals surface area contributed by atoms with Crippen LogP contribution < -0.4 is 5.32 Å². The Morgan fingerprint density at radius 3 is 2.92 bits per heavy atom. The summed E-state index contributed by atoms with van der Waals surface area (Å²) in [6.45, 7) is 1.17. The predicted octanol–water partition coefficient (Wildman–Crippen LogP) is 3.15. The maximum Gasteiger partial charge on any atom is 0.352 e. The molecule has 0 radical (unpaired) electrons. The van der Waals surface area contributed by atoms with Crippen LogP contribution in [0.25, 0.3) is 0 Å². The summed E-state index contributed by atoms with van der Waals surface area (Å²) in [5.74, 6) is -0.895. The van der Waals surface area contributed by atoms with Gasteiger partial charge in [-0.25, -0.2) is 4.79 Å². The molecule has 0 bridgehead atoms. The summed E-state index contributed by atoms with van der Waals surface area (Å²) in [6.07, 6.45) is 4.24. The molecule has 0 amide bonds. The Kier molecular flexibility index (Phi) is 3.54. The average molecular weight is 319 g/mol. The third-order valence-corrected chi connectivity index (χ3v) is 4.43. The number of pyridine rings is 1. The van der Waals surface area contributed by atoms with E-state index < -0.39 is 5.97 Å². The number of fused-ring (bicyclic) bond motifs is 2. The fourth-order valence-electron chi connectivity index (χ4n) is 3.27. The smallest absolute Gasteiger partial charge is 0.352 e. The number of nitrogens with zero attached hydrogens (tertiary/aromatic N) is 2. The van der Waals surface area contributed by atoms with Gasteiger partial charge in [0, 0.05) is 30.2 Å². The molecule has 1 aromatic carbocycles. The highest BCUT2D eigenvalue weighted by molar-refractivity contribution is 5.86. The number of aromatic carboxylic acids is 1. The zero-order valence-corrected chi connectivity index (χ0v) is 13.1. The molecule has 5 heteroatoms. The first-order valence-electron chi connectivity index (χ1n) is 7.87. The fourth-order valence-corrected chi connectivity index (χ4v) is 3.27. The van der Waals surface area contributed by atoms with Crippen LogP contribution in [0.1, 0.15) is 32.9 Å². The van der Waals surface area contributed by atoms with Gasteiger partial charge in [-0.15, -0.1) is 0 Å². The summed E-state index contributed by atoms with van der Waals surface area (Å²) in [4.78, 5) is 15.9. The number of hydrogen-bond donors (Lipinski definition) is 2. The lowest BCUT2D eigenvalue weighted by atomic mass is 10.1. The van der Waals surface area contributed by atoms with E-state index in [1.165, 1.54) is 0 Å². The van der Waals surface area contributed by atoms with Crippen molar-refractivity contribution in [2.75, 3.05) is 5.32 Å². The summed E-state index contributed by atoms with van der Waals surface area (Å²) in [5.41, 5.74) is 5.62. The Morgan fingerprint density at radius 2 is 2.12 bits per heavy atom. The van der Waals surface area contributed by atoms with Crippen LogP contribution in [0.15, 0.2) is 54.9 Å². The van der Waals surface area contributed by atoms with Gasteiger partial charge in [-0.1, -0.05) is 24.3 Å². The van der Waals surface area contributed by atoms with Gasteiger partial charge in [-0.2, -0.15) is 0 Å². The molecule has 5 nitrogen and oxygen atoms in total. The van der Waals surface area contributed by atoms with Crippen LogP contribution >= 0.6 is 0 Å². The molecule has 1 aliphatic rings. The summed E-state index contributed by atoms with van der Waals surface area (Å²) >= 11 is 0. The maximum absolute atomic E-state index is 11.7. The van der Waals surface area contributed by atoms with Gasteiger partial charge < -0.3 is 15.0 Å². The van der Waals surface area contributed by atoms with Gasteiger partial charge in [0.05, 0.1) is 13.1 Å². The third-order valence-electron chi connectivity index (χ3n) is 4.43. The molecule has 0 spiro atoms. The fraction of sp³-hybridized carbons (Fsp3) is 0.158. The first-order valence-corrected chi connectivity index (χ1v) is 7.87. The zero-order valence-electron chi connectivity index (χ0n) is 13.1. The molecular formula is C19H17N3O2. The normalized spacial score (nSPS) is 12.7. The Labute approximate surface area is 139 Å². The van der Waals surface area contributed by atoms with Crippen LogP contribution in [-0.4, -0.2) is 20.6 Å². The Bertz CT molecular complexity index is 900. The van der Waals surface area contributed by atoms with Crippen molar-refractivity contribution >= 4 is 11.7 Å². The molecule has 0 saturated carbocycles. The first kappa shape index (κ1) is 14.5. The minimum absolute atomic E-state index is 0.336. The number of anilines is 1. The molecule has 1 aliphatic heterocycles. The van der Waals surface area contributed by atoms with Gasteiger partial charge in [0.15, 0.2) is 0 Å². The number of carboxylic acid groups (broad SMARTS) is 1.